The van der Waals surface area contributed by atoms with Gasteiger partial charge in [-0.05, 0) is 22.9 Å². The monoisotopic (exact) mass is 466 g/mol. The molecule has 1 N–H and O–H groups in total. The third kappa shape index (κ3) is 4.08. The number of ether oxygens (including phenoxy) is 1. The van der Waals surface area contributed by atoms with Crippen molar-refractivity contribution in [2.75, 3.05) is 12.4 Å². The normalized spacial score (nSPS) is 11.9. The van der Waals surface area contributed by atoms with E-state index in [2.05, 4.69) is 20.5 Å². The second kappa shape index (κ2) is 8.27. The van der Waals surface area contributed by atoms with Gasteiger partial charge < -0.3 is 10.1 Å². The number of hydrogen-bond acceptors (Lipinski definition) is 5. The average molecular weight is 466 g/mol. The van der Waals surface area contributed by atoms with E-state index in [1.165, 1.54) is 30.3 Å². The SMILES string of the molecule is COCn1cc(NC(=O)c2cc3nc(-c4ccc5ccccc5c4)cc(C(F)(F)F)n3n2)cn1. The minimum Gasteiger partial charge on any atom is -0.362 e. The fourth-order valence-electron chi connectivity index (χ4n) is 3.61. The molecule has 0 fully saturated rings. The fraction of sp³-hybridized carbons (Fsp3) is 0.130. The number of amides is 1. The van der Waals surface area contributed by atoms with Crippen LogP contribution in [0.2, 0.25) is 0 Å². The topological polar surface area (TPSA) is 86.3 Å². The lowest BCUT2D eigenvalue weighted by Crippen LogP contribution is -2.15. The first kappa shape index (κ1) is 21.6. The number of hydrogen-bond donors (Lipinski definition) is 1. The quantitative estimate of drug-likeness (QED) is 0.409. The van der Waals surface area contributed by atoms with E-state index < -0.39 is 17.8 Å². The Morgan fingerprint density at radius 1 is 1.09 bits per heavy atom. The molecule has 5 aromatic rings. The van der Waals surface area contributed by atoms with Crippen molar-refractivity contribution in [1.29, 1.82) is 0 Å². The molecule has 0 saturated heterocycles. The first-order chi connectivity index (χ1) is 16.3. The first-order valence-electron chi connectivity index (χ1n) is 10.1. The summed E-state index contributed by atoms with van der Waals surface area (Å²) in [5, 5.41) is 12.3. The Labute approximate surface area is 190 Å². The van der Waals surface area contributed by atoms with Gasteiger partial charge in [-0.2, -0.15) is 23.4 Å². The Bertz CT molecular complexity index is 1520. The molecule has 0 aliphatic rings. The summed E-state index contributed by atoms with van der Waals surface area (Å²) in [6, 6.07) is 15.0. The van der Waals surface area contributed by atoms with Crippen LogP contribution < -0.4 is 5.32 Å². The van der Waals surface area contributed by atoms with Gasteiger partial charge in [0, 0.05) is 18.7 Å². The third-order valence-corrected chi connectivity index (χ3v) is 5.15. The van der Waals surface area contributed by atoms with Gasteiger partial charge in [-0.15, -0.1) is 0 Å². The summed E-state index contributed by atoms with van der Waals surface area (Å²) in [6.45, 7) is 0.181. The van der Waals surface area contributed by atoms with Crippen LogP contribution in [0.15, 0.2) is 67.0 Å². The van der Waals surface area contributed by atoms with Crippen LogP contribution in [0.3, 0.4) is 0 Å². The van der Waals surface area contributed by atoms with E-state index in [0.29, 0.717) is 15.8 Å². The summed E-state index contributed by atoms with van der Waals surface area (Å²) in [7, 11) is 1.49. The number of halogens is 3. The lowest BCUT2D eigenvalue weighted by molar-refractivity contribution is -0.142. The molecule has 3 heterocycles. The van der Waals surface area contributed by atoms with Gasteiger partial charge in [-0.25, -0.2) is 14.2 Å². The highest BCUT2D eigenvalue weighted by molar-refractivity contribution is 6.03. The first-order valence-corrected chi connectivity index (χ1v) is 10.1. The van der Waals surface area contributed by atoms with Crippen LogP contribution in [0.4, 0.5) is 18.9 Å². The Morgan fingerprint density at radius 3 is 2.65 bits per heavy atom. The summed E-state index contributed by atoms with van der Waals surface area (Å²) >= 11 is 0. The lowest BCUT2D eigenvalue weighted by Gasteiger charge is -2.11. The zero-order valence-corrected chi connectivity index (χ0v) is 17.7. The summed E-state index contributed by atoms with van der Waals surface area (Å²) in [6.07, 6.45) is -1.80. The number of benzene rings is 2. The molecule has 0 saturated carbocycles. The molecule has 2 aromatic carbocycles. The fourth-order valence-corrected chi connectivity index (χ4v) is 3.61. The van der Waals surface area contributed by atoms with Gasteiger partial charge in [0.15, 0.2) is 17.0 Å². The number of rotatable bonds is 5. The van der Waals surface area contributed by atoms with Crippen LogP contribution in [0.25, 0.3) is 27.7 Å². The molecular formula is C23H17F3N6O2. The summed E-state index contributed by atoms with van der Waals surface area (Å²) in [5.74, 6) is -0.692. The van der Waals surface area contributed by atoms with Crippen LogP contribution in [0, 0.1) is 0 Å². The highest BCUT2D eigenvalue weighted by Gasteiger charge is 2.35. The molecule has 34 heavy (non-hydrogen) atoms. The molecule has 3 aromatic heterocycles. The van der Waals surface area contributed by atoms with Gasteiger partial charge in [0.2, 0.25) is 0 Å². The Hall–Kier alpha value is -4.25. The molecule has 0 aliphatic heterocycles. The van der Waals surface area contributed by atoms with Gasteiger partial charge in [0.25, 0.3) is 5.91 Å². The van der Waals surface area contributed by atoms with E-state index in [0.717, 1.165) is 16.8 Å². The zero-order valence-electron chi connectivity index (χ0n) is 17.7. The number of methoxy groups -OCH3 is 1. The average Bonchev–Trinajstić information content (AvgIpc) is 3.44. The third-order valence-electron chi connectivity index (χ3n) is 5.15. The number of nitrogens with one attached hydrogen (secondary N) is 1. The lowest BCUT2D eigenvalue weighted by atomic mass is 10.0. The number of anilines is 1. The number of carbonyl (C=O) groups excluding carboxylic acids is 1. The molecule has 0 atom stereocenters. The van der Waals surface area contributed by atoms with E-state index in [4.69, 9.17) is 4.74 Å². The van der Waals surface area contributed by atoms with E-state index in [-0.39, 0.29) is 23.8 Å². The standard InChI is InChI=1S/C23H17F3N6O2/c1-34-13-31-12-17(11-27-31)28-22(33)19-10-21-29-18(9-20(23(24,25)26)32(21)30-19)16-7-6-14-4-2-3-5-15(14)8-16/h2-12H,13H2,1H3,(H,28,33). The second-order valence-electron chi connectivity index (χ2n) is 7.53. The molecule has 0 bridgehead atoms. The molecule has 5 rings (SSSR count). The van der Waals surface area contributed by atoms with Crippen LogP contribution >= 0.6 is 0 Å². The van der Waals surface area contributed by atoms with Crippen molar-refractivity contribution in [3.05, 3.63) is 78.4 Å². The zero-order chi connectivity index (χ0) is 23.9. The Balaban J connectivity index is 1.55. The predicted molar refractivity (Wildman–Crippen MR) is 118 cm³/mol. The molecule has 0 aliphatic carbocycles. The summed E-state index contributed by atoms with van der Waals surface area (Å²) in [4.78, 5) is 17.0. The minimum absolute atomic E-state index is 0.0989. The summed E-state index contributed by atoms with van der Waals surface area (Å²) < 4.78 is 48.7. The number of carbonyl (C=O) groups is 1. The van der Waals surface area contributed by atoms with Crippen molar-refractivity contribution < 1.29 is 22.7 Å². The molecule has 11 heteroatoms. The predicted octanol–water partition coefficient (Wildman–Crippen LogP) is 4.62. The number of fused-ring (bicyclic) bond motifs is 2. The maximum absolute atomic E-state index is 13.9. The van der Waals surface area contributed by atoms with Gasteiger partial charge in [-0.3, -0.25) is 4.79 Å². The van der Waals surface area contributed by atoms with Crippen LogP contribution in [0.1, 0.15) is 16.2 Å². The highest BCUT2D eigenvalue weighted by Crippen LogP contribution is 2.33. The maximum Gasteiger partial charge on any atom is 0.433 e. The van der Waals surface area contributed by atoms with Crippen LogP contribution in [-0.4, -0.2) is 37.4 Å². The minimum atomic E-state index is -4.71. The molecule has 0 spiro atoms. The van der Waals surface area contributed by atoms with Crippen LogP contribution in [0.5, 0.6) is 0 Å². The van der Waals surface area contributed by atoms with Crippen molar-refractivity contribution in [3.63, 3.8) is 0 Å². The van der Waals surface area contributed by atoms with Gasteiger partial charge in [-0.1, -0.05) is 36.4 Å². The number of nitrogens with zero attached hydrogens (tertiary/aromatic N) is 5. The number of aromatic nitrogens is 5. The largest absolute Gasteiger partial charge is 0.433 e. The Morgan fingerprint density at radius 2 is 1.88 bits per heavy atom. The number of alkyl halides is 3. The van der Waals surface area contributed by atoms with Crippen molar-refractivity contribution >= 4 is 28.0 Å². The van der Waals surface area contributed by atoms with Crippen LogP contribution in [-0.2, 0) is 17.6 Å². The van der Waals surface area contributed by atoms with Crippen molar-refractivity contribution in [3.8, 4) is 11.3 Å². The van der Waals surface area contributed by atoms with Crippen molar-refractivity contribution in [1.82, 2.24) is 24.4 Å². The molecule has 0 unspecified atom stereocenters. The van der Waals surface area contributed by atoms with Gasteiger partial charge in [0.1, 0.15) is 6.73 Å². The van der Waals surface area contributed by atoms with E-state index >= 15 is 0 Å². The molecule has 1 amide bonds. The molecule has 0 radical (unpaired) electrons. The smallest absolute Gasteiger partial charge is 0.362 e. The van der Waals surface area contributed by atoms with Gasteiger partial charge >= 0.3 is 6.18 Å². The van der Waals surface area contributed by atoms with E-state index in [1.54, 1.807) is 12.1 Å². The van der Waals surface area contributed by atoms with Crippen molar-refractivity contribution in [2.45, 2.75) is 12.9 Å². The molecule has 8 nitrogen and oxygen atoms in total. The second-order valence-corrected chi connectivity index (χ2v) is 7.53. The molecule has 172 valence electrons. The van der Waals surface area contributed by atoms with E-state index in [1.807, 2.05) is 30.3 Å². The highest BCUT2D eigenvalue weighted by atomic mass is 19.4. The Kier molecular flexibility index (Phi) is 5.25. The van der Waals surface area contributed by atoms with E-state index in [9.17, 15) is 18.0 Å². The van der Waals surface area contributed by atoms with Gasteiger partial charge in [0.05, 0.1) is 23.8 Å². The van der Waals surface area contributed by atoms with Crippen molar-refractivity contribution in [2.24, 2.45) is 0 Å². The molecular weight excluding hydrogens is 449 g/mol. The maximum atomic E-state index is 13.9. The summed E-state index contributed by atoms with van der Waals surface area (Å²) in [5.41, 5.74) is -0.360.